The third-order valence-electron chi connectivity index (χ3n) is 9.19. The Kier molecular flexibility index (Phi) is 7.98. The number of para-hydroxylation sites is 2. The van der Waals surface area contributed by atoms with E-state index in [4.69, 9.17) is 9.31 Å². The van der Waals surface area contributed by atoms with Gasteiger partial charge in [-0.3, -0.25) is 0 Å². The van der Waals surface area contributed by atoms with E-state index in [9.17, 15) is 0 Å². The van der Waals surface area contributed by atoms with E-state index in [-0.39, 0.29) is 10.8 Å². The topological polar surface area (TPSA) is 18.5 Å². The Morgan fingerprint density at radius 3 is 1.44 bits per heavy atom. The molecule has 0 radical (unpaired) electrons. The lowest BCUT2D eigenvalue weighted by atomic mass is 9.69. The van der Waals surface area contributed by atoms with E-state index in [0.29, 0.717) is 0 Å². The number of aryl methyl sites for hydroxylation is 4. The maximum Gasteiger partial charge on any atom is 0.634 e. The number of benzene rings is 4. The van der Waals surface area contributed by atoms with Crippen molar-refractivity contribution < 1.29 is 9.31 Å². The average molecular weight is 629 g/mol. The van der Waals surface area contributed by atoms with Gasteiger partial charge in [-0.1, -0.05) is 117 Å². The molecule has 5 heteroatoms. The summed E-state index contributed by atoms with van der Waals surface area (Å²) in [6.07, 6.45) is 9.25. The molecule has 0 N–H and O–H groups in total. The minimum absolute atomic E-state index is 0.0539. The molecule has 0 saturated carbocycles. The maximum atomic E-state index is 6.74. The second-order valence-corrected chi connectivity index (χ2v) is 16.4. The van der Waals surface area contributed by atoms with Crippen molar-refractivity contribution in [1.29, 1.82) is 0 Å². The summed E-state index contributed by atoms with van der Waals surface area (Å²) in [5.41, 5.74) is 9.22. The van der Waals surface area contributed by atoms with Gasteiger partial charge in [0.15, 0.2) is 0 Å². The molecule has 1 aliphatic heterocycles. The molecule has 7 rings (SSSR count). The van der Waals surface area contributed by atoms with Gasteiger partial charge in [0.05, 0.1) is 0 Å². The van der Waals surface area contributed by atoms with Crippen LogP contribution in [0, 0.1) is 24.7 Å². The van der Waals surface area contributed by atoms with Crippen molar-refractivity contribution in [2.75, 3.05) is 0 Å². The normalized spacial score (nSPS) is 17.9. The first-order valence-corrected chi connectivity index (χ1v) is 17.7. The summed E-state index contributed by atoms with van der Waals surface area (Å²) in [6.45, 7) is 13.8. The van der Waals surface area contributed by atoms with Gasteiger partial charge in [-0.15, -0.1) is 0 Å². The lowest BCUT2D eigenvalue weighted by Crippen LogP contribution is -2.44. The number of rotatable bonds is 5. The van der Waals surface area contributed by atoms with Gasteiger partial charge in [-0.2, -0.15) is 0 Å². The summed E-state index contributed by atoms with van der Waals surface area (Å²) in [5, 5.41) is 0. The van der Waals surface area contributed by atoms with Crippen LogP contribution in [0.5, 0.6) is 11.5 Å². The van der Waals surface area contributed by atoms with Crippen LogP contribution < -0.4 is 14.8 Å². The predicted octanol–water partition coefficient (Wildman–Crippen LogP) is 10.7. The minimum Gasteiger partial charge on any atom is -0.519 e. The van der Waals surface area contributed by atoms with Crippen LogP contribution in [-0.4, -0.2) is 7.12 Å². The molecule has 0 spiro atoms. The van der Waals surface area contributed by atoms with E-state index in [2.05, 4.69) is 108 Å². The van der Waals surface area contributed by atoms with E-state index < -0.39 is 7.12 Å². The molecule has 0 fully saturated rings. The fourth-order valence-corrected chi connectivity index (χ4v) is 9.09. The zero-order valence-corrected chi connectivity index (χ0v) is 28.8. The second kappa shape index (κ2) is 11.8. The van der Waals surface area contributed by atoms with Crippen LogP contribution >= 0.6 is 23.5 Å². The molecule has 2 aliphatic carbocycles. The molecule has 45 heavy (non-hydrogen) atoms. The predicted molar refractivity (Wildman–Crippen MR) is 194 cm³/mol. The molecule has 0 unspecified atom stereocenters. The number of hydrogen-bond donors (Lipinski definition) is 0. The molecule has 228 valence electrons. The van der Waals surface area contributed by atoms with Crippen molar-refractivity contribution in [3.8, 4) is 11.5 Å². The number of hydrogen-bond acceptors (Lipinski definition) is 4. The van der Waals surface area contributed by atoms with Crippen LogP contribution in [0.15, 0.2) is 101 Å². The highest BCUT2D eigenvalue weighted by molar-refractivity contribution is 8.08. The molecule has 3 aliphatic rings. The average Bonchev–Trinajstić information content (AvgIpc) is 3.33. The van der Waals surface area contributed by atoms with Gasteiger partial charge in [-0.25, -0.2) is 0 Å². The first kappa shape index (κ1) is 30.4. The number of allylic oxidation sites excluding steroid dienone is 2. The molecule has 0 aromatic heterocycles. The molecule has 0 bridgehead atoms. The van der Waals surface area contributed by atoms with Crippen molar-refractivity contribution >= 4 is 45.9 Å². The van der Waals surface area contributed by atoms with E-state index >= 15 is 0 Å². The van der Waals surface area contributed by atoms with Gasteiger partial charge in [-0.05, 0) is 109 Å². The third-order valence-corrected chi connectivity index (χ3v) is 11.3. The molecule has 4 aromatic rings. The SMILES string of the molecule is Cc1ccc(SC2=CC(C)(C)CCc3cc4c(c(B5Oc6ccccc6O5)c32)C(Sc2ccc(C)cc2)=CC(C)(C)CC4)cc1. The van der Waals surface area contributed by atoms with Crippen molar-refractivity contribution in [1.82, 2.24) is 0 Å². The highest BCUT2D eigenvalue weighted by Gasteiger charge is 2.43. The third kappa shape index (κ3) is 6.39. The maximum absolute atomic E-state index is 6.74. The summed E-state index contributed by atoms with van der Waals surface area (Å²) >= 11 is 3.75. The second-order valence-electron chi connectivity index (χ2n) is 14.2. The first-order valence-electron chi connectivity index (χ1n) is 16.1. The van der Waals surface area contributed by atoms with Crippen molar-refractivity contribution in [2.24, 2.45) is 10.8 Å². The van der Waals surface area contributed by atoms with Gasteiger partial charge < -0.3 is 9.31 Å². The Morgan fingerprint density at radius 1 is 0.600 bits per heavy atom. The highest BCUT2D eigenvalue weighted by Crippen LogP contribution is 2.49. The van der Waals surface area contributed by atoms with Crippen LogP contribution in [0.2, 0.25) is 0 Å². The molecule has 1 heterocycles. The van der Waals surface area contributed by atoms with Crippen molar-refractivity contribution in [3.05, 3.63) is 124 Å². The molecule has 0 atom stereocenters. The highest BCUT2D eigenvalue weighted by atomic mass is 32.2. The first-order chi connectivity index (χ1) is 21.5. The molecule has 0 amide bonds. The monoisotopic (exact) mass is 628 g/mol. The van der Waals surface area contributed by atoms with Crippen LogP contribution in [0.25, 0.3) is 9.81 Å². The van der Waals surface area contributed by atoms with Crippen LogP contribution in [0.3, 0.4) is 0 Å². The van der Waals surface area contributed by atoms with Crippen molar-refractivity contribution in [3.63, 3.8) is 0 Å². The standard InChI is InChI=1S/C40H41BO2S2/c1-26-11-15-30(16-12-26)44-34-24-39(3,4)21-19-28-23-29-20-22-40(5,6)25-35(45-31-17-13-27(2)14-18-31)37(29)38(36(28)34)41-42-32-9-7-8-10-33(32)43-41/h7-18,23-25H,19-22H2,1-6H3. The van der Waals surface area contributed by atoms with Gasteiger partial charge in [0.2, 0.25) is 0 Å². The van der Waals surface area contributed by atoms with Gasteiger partial charge in [0, 0.05) is 25.1 Å². The summed E-state index contributed by atoms with van der Waals surface area (Å²) in [4.78, 5) is 5.08. The van der Waals surface area contributed by atoms with Gasteiger partial charge in [0.25, 0.3) is 0 Å². The Labute approximate surface area is 277 Å². The molecular formula is C40H41BO2S2. The summed E-state index contributed by atoms with van der Waals surface area (Å²) in [6, 6.07) is 28.5. The molecule has 2 nitrogen and oxygen atoms in total. The quantitative estimate of drug-likeness (QED) is 0.205. The summed E-state index contributed by atoms with van der Waals surface area (Å²) in [5.74, 6) is 1.62. The zero-order valence-electron chi connectivity index (χ0n) is 27.2. The lowest BCUT2D eigenvalue weighted by molar-refractivity contribution is 0.440. The number of thioether (sulfide) groups is 2. The van der Waals surface area contributed by atoms with Gasteiger partial charge >= 0.3 is 7.12 Å². The van der Waals surface area contributed by atoms with Crippen LogP contribution in [0.4, 0.5) is 0 Å². The van der Waals surface area contributed by atoms with Gasteiger partial charge in [0.1, 0.15) is 11.5 Å². The van der Waals surface area contributed by atoms with Crippen LogP contribution in [-0.2, 0) is 12.8 Å². The Morgan fingerprint density at radius 2 is 1.02 bits per heavy atom. The lowest BCUT2D eigenvalue weighted by Gasteiger charge is -2.24. The summed E-state index contributed by atoms with van der Waals surface area (Å²) in [7, 11) is -0.530. The van der Waals surface area contributed by atoms with E-state index in [1.807, 2.05) is 47.8 Å². The number of fused-ring (bicyclic) bond motifs is 3. The van der Waals surface area contributed by atoms with Crippen molar-refractivity contribution in [2.45, 2.75) is 77.0 Å². The van der Waals surface area contributed by atoms with Crippen LogP contribution in [0.1, 0.15) is 73.9 Å². The van der Waals surface area contributed by atoms with E-state index in [1.165, 1.54) is 58.4 Å². The zero-order chi connectivity index (χ0) is 31.3. The Hall–Kier alpha value is -3.28. The Bertz CT molecular complexity index is 1690. The fourth-order valence-electron chi connectivity index (χ4n) is 6.59. The molecule has 4 aromatic carbocycles. The largest absolute Gasteiger partial charge is 0.634 e. The summed E-state index contributed by atoms with van der Waals surface area (Å²) < 4.78 is 13.5. The van der Waals surface area contributed by atoms with E-state index in [1.54, 1.807) is 0 Å². The smallest absolute Gasteiger partial charge is 0.519 e. The van der Waals surface area contributed by atoms with E-state index in [0.717, 1.165) is 37.2 Å². The molecular weight excluding hydrogens is 587 g/mol. The molecule has 0 saturated heterocycles. The Balaban J connectivity index is 1.48. The fraction of sp³-hybridized carbons (Fsp3) is 0.300. The minimum atomic E-state index is -0.530.